The van der Waals surface area contributed by atoms with Crippen LogP contribution in [-0.2, 0) is 20.6 Å². The molecule has 9 heteroatoms. The van der Waals surface area contributed by atoms with Gasteiger partial charge in [-0.05, 0) is 18.2 Å². The van der Waals surface area contributed by atoms with Crippen LogP contribution in [-0.4, -0.2) is 29.2 Å². The number of likely N-dealkylation sites (tertiary alicyclic amines) is 1. The van der Waals surface area contributed by atoms with Gasteiger partial charge in [0.25, 0.3) is 0 Å². The third-order valence-electron chi connectivity index (χ3n) is 3.29. The van der Waals surface area contributed by atoms with Crippen molar-refractivity contribution in [2.75, 3.05) is 11.9 Å². The molecule has 1 saturated heterocycles. The fourth-order valence-electron chi connectivity index (χ4n) is 2.10. The summed E-state index contributed by atoms with van der Waals surface area (Å²) in [4.78, 5) is 35.5. The highest BCUT2D eigenvalue weighted by molar-refractivity contribution is 6.33. The van der Waals surface area contributed by atoms with Crippen LogP contribution in [0, 0.1) is 0 Å². The van der Waals surface area contributed by atoms with Crippen molar-refractivity contribution in [2.24, 2.45) is 0 Å². The lowest BCUT2D eigenvalue weighted by atomic mass is 10.2. The molecule has 5 nitrogen and oxygen atoms in total. The molecule has 1 aliphatic rings. The van der Waals surface area contributed by atoms with E-state index < -0.39 is 17.6 Å². The lowest BCUT2D eigenvalue weighted by Gasteiger charge is -2.14. The summed E-state index contributed by atoms with van der Waals surface area (Å²) < 4.78 is 37.9. The first kappa shape index (κ1) is 17.3. The molecule has 0 aliphatic carbocycles. The largest absolute Gasteiger partial charge is 0.416 e. The third kappa shape index (κ3) is 4.22. The molecule has 23 heavy (non-hydrogen) atoms. The number of nitrogens with one attached hydrogen (secondary N) is 1. The minimum absolute atomic E-state index is 0.0420. The third-order valence-corrected chi connectivity index (χ3v) is 3.61. The molecule has 0 unspecified atom stereocenters. The Morgan fingerprint density at radius 1 is 1.22 bits per heavy atom. The van der Waals surface area contributed by atoms with E-state index in [4.69, 9.17) is 11.6 Å². The van der Waals surface area contributed by atoms with E-state index in [1.807, 2.05) is 0 Å². The molecule has 1 heterocycles. The van der Waals surface area contributed by atoms with Crippen LogP contribution in [0.2, 0.25) is 5.02 Å². The van der Waals surface area contributed by atoms with Crippen molar-refractivity contribution in [3.8, 4) is 0 Å². The molecule has 1 aromatic rings. The molecule has 1 fully saturated rings. The van der Waals surface area contributed by atoms with E-state index in [0.29, 0.717) is 0 Å². The van der Waals surface area contributed by atoms with Crippen molar-refractivity contribution in [3.63, 3.8) is 0 Å². The van der Waals surface area contributed by atoms with Gasteiger partial charge < -0.3 is 5.32 Å². The number of anilines is 1. The summed E-state index contributed by atoms with van der Waals surface area (Å²) in [6.45, 7) is -0.111. The SMILES string of the molecule is O=C(CCN1C(=O)CCC1=O)Nc1cc(C(F)(F)F)ccc1Cl. The highest BCUT2D eigenvalue weighted by Gasteiger charge is 2.31. The highest BCUT2D eigenvalue weighted by Crippen LogP contribution is 2.33. The average Bonchev–Trinajstić information content (AvgIpc) is 2.77. The Balaban J connectivity index is 2.00. The van der Waals surface area contributed by atoms with Gasteiger partial charge in [-0.2, -0.15) is 13.2 Å². The zero-order valence-electron chi connectivity index (χ0n) is 11.7. The summed E-state index contributed by atoms with van der Waals surface area (Å²) in [5, 5.41) is 2.21. The van der Waals surface area contributed by atoms with Crippen molar-refractivity contribution in [3.05, 3.63) is 28.8 Å². The zero-order chi connectivity index (χ0) is 17.2. The number of nitrogens with zero attached hydrogens (tertiary/aromatic N) is 1. The topological polar surface area (TPSA) is 66.5 Å². The van der Waals surface area contributed by atoms with Gasteiger partial charge in [0.05, 0.1) is 16.3 Å². The van der Waals surface area contributed by atoms with Crippen LogP contribution in [0.25, 0.3) is 0 Å². The normalized spacial score (nSPS) is 15.2. The van der Waals surface area contributed by atoms with Gasteiger partial charge in [-0.1, -0.05) is 11.6 Å². The minimum Gasteiger partial charge on any atom is -0.325 e. The van der Waals surface area contributed by atoms with E-state index in [0.717, 1.165) is 23.1 Å². The zero-order valence-corrected chi connectivity index (χ0v) is 12.5. The van der Waals surface area contributed by atoms with Crippen LogP contribution < -0.4 is 5.32 Å². The quantitative estimate of drug-likeness (QED) is 0.851. The van der Waals surface area contributed by atoms with Crippen LogP contribution in [0.1, 0.15) is 24.8 Å². The molecule has 1 aliphatic heterocycles. The highest BCUT2D eigenvalue weighted by atomic mass is 35.5. The number of alkyl halides is 3. The molecule has 0 aromatic heterocycles. The lowest BCUT2D eigenvalue weighted by molar-refractivity contribution is -0.139. The Kier molecular flexibility index (Phi) is 4.93. The molecule has 3 amide bonds. The number of carbonyl (C=O) groups is 3. The first-order valence-corrected chi connectivity index (χ1v) is 7.06. The number of hydrogen-bond acceptors (Lipinski definition) is 3. The maximum atomic E-state index is 12.6. The number of benzene rings is 1. The van der Waals surface area contributed by atoms with Crippen molar-refractivity contribution in [1.29, 1.82) is 0 Å². The van der Waals surface area contributed by atoms with Gasteiger partial charge >= 0.3 is 6.18 Å². The molecule has 0 bridgehead atoms. The first-order valence-electron chi connectivity index (χ1n) is 6.68. The van der Waals surface area contributed by atoms with Crippen LogP contribution >= 0.6 is 11.6 Å². The lowest BCUT2D eigenvalue weighted by Crippen LogP contribution is -2.32. The molecule has 1 N–H and O–H groups in total. The molecular formula is C14H12ClF3N2O3. The van der Waals surface area contributed by atoms with Crippen LogP contribution in [0.15, 0.2) is 18.2 Å². The van der Waals surface area contributed by atoms with Crippen LogP contribution in [0.4, 0.5) is 18.9 Å². The second-order valence-electron chi connectivity index (χ2n) is 4.93. The Hall–Kier alpha value is -2.09. The van der Waals surface area contributed by atoms with E-state index in [2.05, 4.69) is 5.32 Å². The molecule has 0 radical (unpaired) electrons. The van der Waals surface area contributed by atoms with Gasteiger partial charge in [-0.25, -0.2) is 0 Å². The van der Waals surface area contributed by atoms with Crippen molar-refractivity contribution >= 4 is 35.0 Å². The fraction of sp³-hybridized carbons (Fsp3) is 0.357. The Morgan fingerprint density at radius 2 is 1.83 bits per heavy atom. The molecular weight excluding hydrogens is 337 g/mol. The second-order valence-corrected chi connectivity index (χ2v) is 5.34. The predicted octanol–water partition coefficient (Wildman–Crippen LogP) is 2.84. The summed E-state index contributed by atoms with van der Waals surface area (Å²) in [5.41, 5.74) is -1.12. The van der Waals surface area contributed by atoms with Gasteiger partial charge in [-0.15, -0.1) is 0 Å². The summed E-state index contributed by atoms with van der Waals surface area (Å²) in [6.07, 6.45) is -4.55. The number of rotatable bonds is 4. The smallest absolute Gasteiger partial charge is 0.325 e. The van der Waals surface area contributed by atoms with E-state index in [9.17, 15) is 27.6 Å². The van der Waals surface area contributed by atoms with E-state index in [1.54, 1.807) is 0 Å². The molecule has 2 rings (SSSR count). The standard InChI is InChI=1S/C14H12ClF3N2O3/c15-9-2-1-8(14(16,17)18)7-10(9)19-11(21)5-6-20-12(22)3-4-13(20)23/h1-2,7H,3-6H2,(H,19,21). The number of hydrogen-bond donors (Lipinski definition) is 1. The summed E-state index contributed by atoms with van der Waals surface area (Å²) in [6, 6.07) is 2.57. The Morgan fingerprint density at radius 3 is 2.39 bits per heavy atom. The summed E-state index contributed by atoms with van der Waals surface area (Å²) in [5.74, 6) is -1.36. The van der Waals surface area contributed by atoms with Crippen molar-refractivity contribution in [2.45, 2.75) is 25.4 Å². The second kappa shape index (κ2) is 6.57. The van der Waals surface area contributed by atoms with Crippen LogP contribution in [0.3, 0.4) is 0 Å². The predicted molar refractivity (Wildman–Crippen MR) is 75.7 cm³/mol. The maximum Gasteiger partial charge on any atom is 0.416 e. The van der Waals surface area contributed by atoms with E-state index >= 15 is 0 Å². The fourth-order valence-corrected chi connectivity index (χ4v) is 2.26. The van der Waals surface area contributed by atoms with Gasteiger partial charge in [0.1, 0.15) is 0 Å². The molecule has 0 spiro atoms. The van der Waals surface area contributed by atoms with Gasteiger partial charge in [0, 0.05) is 25.8 Å². The van der Waals surface area contributed by atoms with Crippen molar-refractivity contribution < 1.29 is 27.6 Å². The van der Waals surface area contributed by atoms with Gasteiger partial charge in [-0.3, -0.25) is 19.3 Å². The number of carbonyl (C=O) groups excluding carboxylic acids is 3. The molecule has 1 aromatic carbocycles. The number of imide groups is 1. The summed E-state index contributed by atoms with van der Waals surface area (Å²) >= 11 is 5.76. The van der Waals surface area contributed by atoms with Gasteiger partial charge in [0.2, 0.25) is 17.7 Å². The minimum atomic E-state index is -4.56. The molecule has 124 valence electrons. The monoisotopic (exact) mass is 348 g/mol. The maximum absolute atomic E-state index is 12.6. The summed E-state index contributed by atoms with van der Waals surface area (Å²) in [7, 11) is 0. The van der Waals surface area contributed by atoms with Gasteiger partial charge in [0.15, 0.2) is 0 Å². The number of amides is 3. The van der Waals surface area contributed by atoms with E-state index in [-0.39, 0.29) is 48.3 Å². The average molecular weight is 349 g/mol. The van der Waals surface area contributed by atoms with Crippen molar-refractivity contribution in [1.82, 2.24) is 4.90 Å². The number of halogens is 4. The van der Waals surface area contributed by atoms with Crippen LogP contribution in [0.5, 0.6) is 0 Å². The molecule has 0 atom stereocenters. The van der Waals surface area contributed by atoms with E-state index in [1.165, 1.54) is 0 Å². The Labute approximate surface area is 134 Å². The Bertz CT molecular complexity index is 645. The first-order chi connectivity index (χ1) is 10.7. The molecule has 0 saturated carbocycles.